The third-order valence-electron chi connectivity index (χ3n) is 2.88. The van der Waals surface area contributed by atoms with E-state index in [2.05, 4.69) is 5.10 Å². The predicted octanol–water partition coefficient (Wildman–Crippen LogP) is 2.14. The van der Waals surface area contributed by atoms with Crippen LogP contribution in [0.3, 0.4) is 0 Å². The van der Waals surface area contributed by atoms with Crippen molar-refractivity contribution in [1.82, 2.24) is 14.5 Å². The highest BCUT2D eigenvalue weighted by atomic mass is 32.2. The highest BCUT2D eigenvalue weighted by Crippen LogP contribution is 2.33. The molecule has 0 unspecified atom stereocenters. The number of nitrogens with one attached hydrogen (secondary N) is 1. The molecule has 5 nitrogen and oxygen atoms in total. The molecule has 1 atom stereocenters. The minimum absolute atomic E-state index is 0.258. The summed E-state index contributed by atoms with van der Waals surface area (Å²) < 4.78 is 66.2. The van der Waals surface area contributed by atoms with Crippen LogP contribution in [0.1, 0.15) is 17.2 Å². The van der Waals surface area contributed by atoms with E-state index in [1.165, 1.54) is 23.9 Å². The summed E-state index contributed by atoms with van der Waals surface area (Å²) in [6.45, 7) is 0. The van der Waals surface area contributed by atoms with Crippen LogP contribution in [0.25, 0.3) is 0 Å². The van der Waals surface area contributed by atoms with E-state index in [-0.39, 0.29) is 5.56 Å². The number of hydrogen-bond acceptors (Lipinski definition) is 3. The normalized spacial score (nSPS) is 14.0. The standard InChI is InChI=1S/C13H14F3N3O2S/c1-19-8-11(7-17-19)12(13(14,15)16)18-22(20,21)9-10-5-3-2-4-6-10/h2-8,12,18H,9H2,1H3/t12-/m1/s1. The zero-order valence-electron chi connectivity index (χ0n) is 11.6. The molecule has 0 fully saturated rings. The maximum atomic E-state index is 13.1. The summed E-state index contributed by atoms with van der Waals surface area (Å²) in [5, 5.41) is 3.65. The molecule has 0 bridgehead atoms. The van der Waals surface area contributed by atoms with Crippen molar-refractivity contribution in [2.24, 2.45) is 7.05 Å². The van der Waals surface area contributed by atoms with Gasteiger partial charge < -0.3 is 0 Å². The van der Waals surface area contributed by atoms with Gasteiger partial charge in [-0.3, -0.25) is 4.68 Å². The van der Waals surface area contributed by atoms with E-state index in [9.17, 15) is 21.6 Å². The Morgan fingerprint density at radius 2 is 1.91 bits per heavy atom. The van der Waals surface area contributed by atoms with Crippen molar-refractivity contribution in [3.8, 4) is 0 Å². The molecule has 0 aliphatic carbocycles. The molecule has 0 saturated carbocycles. The van der Waals surface area contributed by atoms with Gasteiger partial charge in [-0.05, 0) is 5.56 Å². The number of hydrogen-bond donors (Lipinski definition) is 1. The van der Waals surface area contributed by atoms with E-state index in [4.69, 9.17) is 0 Å². The highest BCUT2D eigenvalue weighted by molar-refractivity contribution is 7.88. The number of sulfonamides is 1. The summed E-state index contributed by atoms with van der Waals surface area (Å²) in [5.41, 5.74) is 0.147. The van der Waals surface area contributed by atoms with Gasteiger partial charge in [-0.15, -0.1) is 0 Å². The third-order valence-corrected chi connectivity index (χ3v) is 4.19. The second-order valence-electron chi connectivity index (χ2n) is 4.78. The van der Waals surface area contributed by atoms with Gasteiger partial charge >= 0.3 is 6.18 Å². The lowest BCUT2D eigenvalue weighted by molar-refractivity contribution is -0.153. The molecule has 0 saturated heterocycles. The maximum Gasteiger partial charge on any atom is 0.408 e. The summed E-state index contributed by atoms with van der Waals surface area (Å²) >= 11 is 0. The molecular weight excluding hydrogens is 319 g/mol. The van der Waals surface area contributed by atoms with Crippen LogP contribution in [0.15, 0.2) is 42.7 Å². The fourth-order valence-electron chi connectivity index (χ4n) is 1.93. The van der Waals surface area contributed by atoms with Crippen molar-refractivity contribution in [1.29, 1.82) is 0 Å². The molecule has 0 aliphatic heterocycles. The van der Waals surface area contributed by atoms with Gasteiger partial charge in [0.05, 0.1) is 11.9 Å². The monoisotopic (exact) mass is 333 g/mol. The van der Waals surface area contributed by atoms with E-state index in [1.54, 1.807) is 22.9 Å². The molecule has 0 amide bonds. The minimum atomic E-state index is -4.76. The van der Waals surface area contributed by atoms with E-state index in [0.717, 1.165) is 12.4 Å². The SMILES string of the molecule is Cn1cc([C@@H](NS(=O)(=O)Cc2ccccc2)C(F)(F)F)cn1. The lowest BCUT2D eigenvalue weighted by Crippen LogP contribution is -2.38. The molecule has 120 valence electrons. The zero-order chi connectivity index (χ0) is 16.4. The Hall–Kier alpha value is -1.87. The van der Waals surface area contributed by atoms with Crippen molar-refractivity contribution >= 4 is 10.0 Å². The minimum Gasteiger partial charge on any atom is -0.275 e. The highest BCUT2D eigenvalue weighted by Gasteiger charge is 2.43. The Kier molecular flexibility index (Phi) is 4.57. The smallest absolute Gasteiger partial charge is 0.275 e. The van der Waals surface area contributed by atoms with Gasteiger partial charge in [-0.2, -0.15) is 23.0 Å². The molecule has 0 spiro atoms. The lowest BCUT2D eigenvalue weighted by atomic mass is 10.2. The van der Waals surface area contributed by atoms with E-state index >= 15 is 0 Å². The Balaban J connectivity index is 2.23. The Morgan fingerprint density at radius 1 is 1.27 bits per heavy atom. The van der Waals surface area contributed by atoms with Crippen molar-refractivity contribution in [3.63, 3.8) is 0 Å². The number of benzene rings is 1. The number of halogens is 3. The van der Waals surface area contributed by atoms with Crippen LogP contribution < -0.4 is 4.72 Å². The van der Waals surface area contributed by atoms with Crippen molar-refractivity contribution in [2.75, 3.05) is 0 Å². The topological polar surface area (TPSA) is 64.0 Å². The van der Waals surface area contributed by atoms with Crippen LogP contribution in [-0.2, 0) is 22.8 Å². The summed E-state index contributed by atoms with van der Waals surface area (Å²) in [6.07, 6.45) is -2.64. The van der Waals surface area contributed by atoms with Gasteiger partial charge in [0.25, 0.3) is 0 Å². The Morgan fingerprint density at radius 3 is 2.41 bits per heavy atom. The molecule has 1 aromatic carbocycles. The number of nitrogens with zero attached hydrogens (tertiary/aromatic N) is 2. The van der Waals surface area contributed by atoms with Crippen LogP contribution in [0.2, 0.25) is 0 Å². The quantitative estimate of drug-likeness (QED) is 0.912. The fraction of sp³-hybridized carbons (Fsp3) is 0.308. The second kappa shape index (κ2) is 6.09. The summed E-state index contributed by atoms with van der Waals surface area (Å²) in [7, 11) is -2.71. The molecule has 1 aromatic heterocycles. The molecule has 0 aliphatic rings. The average Bonchev–Trinajstić information content (AvgIpc) is 2.82. The van der Waals surface area contributed by atoms with Crippen molar-refractivity contribution in [2.45, 2.75) is 18.0 Å². The number of aryl methyl sites for hydroxylation is 1. The molecular formula is C13H14F3N3O2S. The first-order valence-electron chi connectivity index (χ1n) is 6.26. The van der Waals surface area contributed by atoms with Crippen molar-refractivity contribution in [3.05, 3.63) is 53.9 Å². The lowest BCUT2D eigenvalue weighted by Gasteiger charge is -2.20. The molecule has 1 heterocycles. The fourth-order valence-corrected chi connectivity index (χ4v) is 3.27. The molecule has 9 heteroatoms. The van der Waals surface area contributed by atoms with Gasteiger partial charge in [-0.1, -0.05) is 30.3 Å². The number of alkyl halides is 3. The van der Waals surface area contributed by atoms with Gasteiger partial charge in [-0.25, -0.2) is 8.42 Å². The second-order valence-corrected chi connectivity index (χ2v) is 6.54. The summed E-state index contributed by atoms with van der Waals surface area (Å²) in [6, 6.07) is 5.67. The van der Waals surface area contributed by atoms with Gasteiger partial charge in [0.15, 0.2) is 0 Å². The van der Waals surface area contributed by atoms with E-state index in [1.807, 2.05) is 0 Å². The van der Waals surface area contributed by atoms with Crippen LogP contribution in [0, 0.1) is 0 Å². The molecule has 2 aromatic rings. The van der Waals surface area contributed by atoms with Gasteiger partial charge in [0.1, 0.15) is 6.04 Å². The van der Waals surface area contributed by atoms with E-state index < -0.39 is 28.0 Å². The Bertz CT molecular complexity index is 726. The Labute approximate surface area is 125 Å². The largest absolute Gasteiger partial charge is 0.408 e. The molecule has 1 N–H and O–H groups in total. The van der Waals surface area contributed by atoms with Crippen LogP contribution in [0.4, 0.5) is 13.2 Å². The van der Waals surface area contributed by atoms with E-state index in [0.29, 0.717) is 5.56 Å². The first-order chi connectivity index (χ1) is 10.2. The molecule has 22 heavy (non-hydrogen) atoms. The third kappa shape index (κ3) is 4.31. The zero-order valence-corrected chi connectivity index (χ0v) is 12.4. The van der Waals surface area contributed by atoms with Gasteiger partial charge in [0.2, 0.25) is 10.0 Å². The summed E-state index contributed by atoms with van der Waals surface area (Å²) in [4.78, 5) is 0. The molecule has 0 radical (unpaired) electrons. The molecule has 2 rings (SSSR count). The van der Waals surface area contributed by atoms with Crippen molar-refractivity contribution < 1.29 is 21.6 Å². The average molecular weight is 333 g/mol. The van der Waals surface area contributed by atoms with Crippen LogP contribution in [-0.4, -0.2) is 24.4 Å². The van der Waals surface area contributed by atoms with Gasteiger partial charge in [0, 0.05) is 18.8 Å². The first kappa shape index (κ1) is 16.5. The maximum absolute atomic E-state index is 13.1. The van der Waals surface area contributed by atoms with Crippen LogP contribution >= 0.6 is 0 Å². The number of rotatable bonds is 5. The summed E-state index contributed by atoms with van der Waals surface area (Å²) in [5.74, 6) is -0.527. The predicted molar refractivity (Wildman–Crippen MR) is 74.2 cm³/mol. The van der Waals surface area contributed by atoms with Crippen LogP contribution in [0.5, 0.6) is 0 Å². The number of aromatic nitrogens is 2. The first-order valence-corrected chi connectivity index (χ1v) is 7.92.